The Morgan fingerprint density at radius 1 is 1.03 bits per heavy atom. The van der Waals surface area contributed by atoms with Gasteiger partial charge in [-0.3, -0.25) is 4.79 Å². The van der Waals surface area contributed by atoms with E-state index in [0.29, 0.717) is 31.9 Å². The molecule has 0 radical (unpaired) electrons. The van der Waals surface area contributed by atoms with Crippen LogP contribution in [0.5, 0.6) is 0 Å². The zero-order valence-corrected chi connectivity index (χ0v) is 20.1. The van der Waals surface area contributed by atoms with E-state index in [1.807, 2.05) is 0 Å². The Hall–Kier alpha value is -2.23. The quantitative estimate of drug-likeness (QED) is 0.467. The van der Waals surface area contributed by atoms with Crippen molar-refractivity contribution in [2.24, 2.45) is 17.8 Å². The van der Waals surface area contributed by atoms with Gasteiger partial charge in [0.1, 0.15) is 0 Å². The molecule has 1 aliphatic heterocycles. The van der Waals surface area contributed by atoms with E-state index in [4.69, 9.17) is 9.47 Å². The Morgan fingerprint density at radius 2 is 1.62 bits per heavy atom. The van der Waals surface area contributed by atoms with Gasteiger partial charge >= 0.3 is 5.97 Å². The lowest BCUT2D eigenvalue weighted by Crippen LogP contribution is -2.60. The summed E-state index contributed by atoms with van der Waals surface area (Å²) in [5.74, 6) is 1.35. The van der Waals surface area contributed by atoms with Crippen LogP contribution in [0.3, 0.4) is 0 Å². The molecule has 1 aromatic carbocycles. The second-order valence-corrected chi connectivity index (χ2v) is 12.2. The fourth-order valence-corrected chi connectivity index (χ4v) is 8.04. The minimum absolute atomic E-state index is 0.0998. The number of nitrogens with zero attached hydrogens (tertiary/aromatic N) is 1. The van der Waals surface area contributed by atoms with E-state index in [2.05, 4.69) is 5.32 Å². The number of carbonyl (C=O) groups excluding carboxylic acids is 2. The van der Waals surface area contributed by atoms with Crippen LogP contribution in [0.15, 0.2) is 35.2 Å². The van der Waals surface area contributed by atoms with Crippen LogP contribution in [-0.4, -0.2) is 63.0 Å². The van der Waals surface area contributed by atoms with Crippen molar-refractivity contribution in [2.75, 3.05) is 32.9 Å². The van der Waals surface area contributed by atoms with E-state index in [9.17, 15) is 18.0 Å². The molecule has 8 nitrogen and oxygen atoms in total. The zero-order valence-electron chi connectivity index (χ0n) is 19.3. The summed E-state index contributed by atoms with van der Waals surface area (Å²) in [5, 5.41) is 3.19. The molecular formula is C25H32N2O6S. The minimum Gasteiger partial charge on any atom is -0.452 e. The lowest BCUT2D eigenvalue weighted by molar-refractivity contribution is -0.145. The van der Waals surface area contributed by atoms with Crippen LogP contribution >= 0.6 is 0 Å². The standard InChI is InChI=1S/C25H32N2O6S/c28-23(26-25-14-19-11-20(15-25)13-21(12-19)16-25)17-33-24(29)6-3-18-1-4-22(5-2-18)34(30,31)27-7-9-32-10-8-27/h1-6,19-21H,7-17H2,(H,26,28)/b6-3+. The summed E-state index contributed by atoms with van der Waals surface area (Å²) in [4.78, 5) is 24.8. The summed E-state index contributed by atoms with van der Waals surface area (Å²) in [6.07, 6.45) is 9.86. The number of ether oxygens (including phenoxy) is 2. The number of carbonyl (C=O) groups is 2. The van der Waals surface area contributed by atoms with Crippen molar-refractivity contribution in [2.45, 2.75) is 49.0 Å². The first kappa shape index (κ1) is 23.5. The van der Waals surface area contributed by atoms with Crippen LogP contribution in [0.2, 0.25) is 0 Å². The predicted octanol–water partition coefficient (Wildman–Crippen LogP) is 2.35. The lowest BCUT2D eigenvalue weighted by Gasteiger charge is -2.56. The molecule has 1 saturated heterocycles. The third-order valence-electron chi connectivity index (χ3n) is 7.69. The minimum atomic E-state index is -3.55. The number of nitrogens with one attached hydrogen (secondary N) is 1. The monoisotopic (exact) mass is 488 g/mol. The van der Waals surface area contributed by atoms with Crippen LogP contribution in [0.4, 0.5) is 0 Å². The Labute approximate surface area is 200 Å². The average molecular weight is 489 g/mol. The highest BCUT2D eigenvalue weighted by atomic mass is 32.2. The normalized spacial score (nSPS) is 31.0. The van der Waals surface area contributed by atoms with E-state index in [0.717, 1.165) is 37.0 Å². The third kappa shape index (κ3) is 5.06. The van der Waals surface area contributed by atoms with Gasteiger partial charge in [0.15, 0.2) is 6.61 Å². The molecule has 1 amide bonds. The molecule has 5 aliphatic rings. The molecule has 9 heteroatoms. The van der Waals surface area contributed by atoms with Gasteiger partial charge in [-0.15, -0.1) is 0 Å². The molecule has 0 atom stereocenters. The number of rotatable bonds is 7. The van der Waals surface area contributed by atoms with Gasteiger partial charge in [-0.25, -0.2) is 13.2 Å². The highest BCUT2D eigenvalue weighted by Crippen LogP contribution is 2.55. The molecule has 184 valence electrons. The van der Waals surface area contributed by atoms with Crippen molar-refractivity contribution in [1.29, 1.82) is 0 Å². The van der Waals surface area contributed by atoms with E-state index in [1.54, 1.807) is 18.2 Å². The summed E-state index contributed by atoms with van der Waals surface area (Å²) in [5.41, 5.74) is 0.563. The second kappa shape index (κ2) is 9.43. The molecule has 6 rings (SSSR count). The van der Waals surface area contributed by atoms with Crippen LogP contribution in [0.25, 0.3) is 6.08 Å². The SMILES string of the molecule is O=C(COC(=O)/C=C/c1ccc(S(=O)(=O)N2CCOCC2)cc1)NC12CC3CC(CC(C3)C1)C2. The molecule has 1 heterocycles. The molecule has 0 spiro atoms. The number of sulfonamides is 1. The summed E-state index contributed by atoms with van der Waals surface area (Å²) >= 11 is 0. The molecule has 4 saturated carbocycles. The first-order valence-corrected chi connectivity index (χ1v) is 13.6. The predicted molar refractivity (Wildman–Crippen MR) is 125 cm³/mol. The van der Waals surface area contributed by atoms with E-state index >= 15 is 0 Å². The fraction of sp³-hybridized carbons (Fsp3) is 0.600. The maximum atomic E-state index is 12.7. The Morgan fingerprint density at radius 3 is 2.21 bits per heavy atom. The number of amides is 1. The van der Waals surface area contributed by atoms with Gasteiger partial charge in [0.2, 0.25) is 10.0 Å². The number of hydrogen-bond donors (Lipinski definition) is 1. The summed E-state index contributed by atoms with van der Waals surface area (Å²) in [6, 6.07) is 6.32. The van der Waals surface area contributed by atoms with Gasteiger partial charge in [0.25, 0.3) is 5.91 Å². The second-order valence-electron chi connectivity index (χ2n) is 10.3. The highest BCUT2D eigenvalue weighted by molar-refractivity contribution is 7.89. The number of benzene rings is 1. The number of esters is 1. The zero-order chi connectivity index (χ0) is 23.8. The largest absolute Gasteiger partial charge is 0.452 e. The van der Waals surface area contributed by atoms with Crippen molar-refractivity contribution in [3.63, 3.8) is 0 Å². The third-order valence-corrected chi connectivity index (χ3v) is 9.60. The maximum absolute atomic E-state index is 12.7. The van der Waals surface area contributed by atoms with Gasteiger partial charge in [0, 0.05) is 24.7 Å². The fourth-order valence-electron chi connectivity index (χ4n) is 6.63. The Kier molecular flexibility index (Phi) is 6.52. The summed E-state index contributed by atoms with van der Waals surface area (Å²) < 4.78 is 37.1. The van der Waals surface area contributed by atoms with Crippen LogP contribution in [-0.2, 0) is 29.1 Å². The molecular weight excluding hydrogens is 456 g/mol. The van der Waals surface area contributed by atoms with Gasteiger partial charge in [0.05, 0.1) is 18.1 Å². The van der Waals surface area contributed by atoms with Gasteiger partial charge in [-0.2, -0.15) is 4.31 Å². The molecule has 4 aliphatic carbocycles. The topological polar surface area (TPSA) is 102 Å². The molecule has 34 heavy (non-hydrogen) atoms. The van der Waals surface area contributed by atoms with Crippen LogP contribution in [0, 0.1) is 17.8 Å². The average Bonchev–Trinajstić information content (AvgIpc) is 2.81. The van der Waals surface area contributed by atoms with Gasteiger partial charge < -0.3 is 14.8 Å². The van der Waals surface area contributed by atoms with E-state index in [-0.39, 0.29) is 22.9 Å². The molecule has 1 aromatic rings. The number of hydrogen-bond acceptors (Lipinski definition) is 6. The summed E-state index contributed by atoms with van der Waals surface area (Å²) in [6.45, 7) is 1.17. The van der Waals surface area contributed by atoms with Gasteiger partial charge in [-0.05, 0) is 80.1 Å². The van der Waals surface area contributed by atoms with E-state index in [1.165, 1.54) is 41.8 Å². The summed E-state index contributed by atoms with van der Waals surface area (Å²) in [7, 11) is -3.55. The van der Waals surface area contributed by atoms with Gasteiger partial charge in [-0.1, -0.05) is 12.1 Å². The van der Waals surface area contributed by atoms with Crippen molar-refractivity contribution in [3.8, 4) is 0 Å². The van der Waals surface area contributed by atoms with Crippen molar-refractivity contribution >= 4 is 28.0 Å². The van der Waals surface area contributed by atoms with Crippen molar-refractivity contribution < 1.29 is 27.5 Å². The van der Waals surface area contributed by atoms with E-state index < -0.39 is 16.0 Å². The Balaban J connectivity index is 1.10. The van der Waals surface area contributed by atoms with Crippen molar-refractivity contribution in [3.05, 3.63) is 35.9 Å². The first-order chi connectivity index (χ1) is 16.3. The highest BCUT2D eigenvalue weighted by Gasteiger charge is 2.51. The van der Waals surface area contributed by atoms with Crippen molar-refractivity contribution in [1.82, 2.24) is 9.62 Å². The molecule has 0 aromatic heterocycles. The lowest BCUT2D eigenvalue weighted by atomic mass is 9.53. The van der Waals surface area contributed by atoms with Crippen LogP contribution < -0.4 is 5.32 Å². The maximum Gasteiger partial charge on any atom is 0.331 e. The molecule has 1 N–H and O–H groups in total. The first-order valence-electron chi connectivity index (χ1n) is 12.2. The number of morpholine rings is 1. The van der Waals surface area contributed by atoms with Crippen LogP contribution in [0.1, 0.15) is 44.1 Å². The molecule has 0 unspecified atom stereocenters. The molecule has 5 fully saturated rings. The molecule has 4 bridgehead atoms. The smallest absolute Gasteiger partial charge is 0.331 e. The Bertz CT molecular complexity index is 1020.